The smallest absolute Gasteiger partial charge is 0.131 e. The van der Waals surface area contributed by atoms with Gasteiger partial charge in [-0.25, -0.2) is 4.39 Å². The third-order valence-electron chi connectivity index (χ3n) is 5.53. The third-order valence-corrected chi connectivity index (χ3v) is 5.53. The van der Waals surface area contributed by atoms with Gasteiger partial charge in [0.1, 0.15) is 5.82 Å². The maximum atomic E-state index is 14.0. The van der Waals surface area contributed by atoms with Crippen molar-refractivity contribution in [2.75, 3.05) is 18.0 Å². The van der Waals surface area contributed by atoms with E-state index < -0.39 is 6.10 Å². The molecule has 3 rings (SSSR count). The highest BCUT2D eigenvalue weighted by molar-refractivity contribution is 5.55. The van der Waals surface area contributed by atoms with Crippen LogP contribution in [-0.2, 0) is 0 Å². The van der Waals surface area contributed by atoms with Gasteiger partial charge in [-0.2, -0.15) is 0 Å². The molecule has 0 unspecified atom stereocenters. The summed E-state index contributed by atoms with van der Waals surface area (Å²) in [5.41, 5.74) is 1.89. The van der Waals surface area contributed by atoms with E-state index in [9.17, 15) is 9.50 Å². The Morgan fingerprint density at radius 2 is 1.76 bits per heavy atom. The van der Waals surface area contributed by atoms with Crippen molar-refractivity contribution in [3.63, 3.8) is 0 Å². The average Bonchev–Trinajstić information content (AvgIpc) is 2.48. The van der Waals surface area contributed by atoms with Crippen molar-refractivity contribution >= 4 is 5.69 Å². The zero-order chi connectivity index (χ0) is 14.9. The van der Waals surface area contributed by atoms with E-state index in [1.165, 1.54) is 51.0 Å². The van der Waals surface area contributed by atoms with Crippen LogP contribution in [0.25, 0.3) is 0 Å². The van der Waals surface area contributed by atoms with Gasteiger partial charge in [0.25, 0.3) is 0 Å². The Labute approximate surface area is 127 Å². The molecule has 0 bridgehead atoms. The molecule has 0 aromatic heterocycles. The lowest BCUT2D eigenvalue weighted by Gasteiger charge is -2.45. The predicted octanol–water partition coefficient (Wildman–Crippen LogP) is 4.43. The van der Waals surface area contributed by atoms with Crippen LogP contribution in [0.1, 0.15) is 63.5 Å². The van der Waals surface area contributed by atoms with E-state index in [-0.39, 0.29) is 5.82 Å². The molecule has 1 heterocycles. The van der Waals surface area contributed by atoms with Crippen molar-refractivity contribution in [3.05, 3.63) is 29.6 Å². The van der Waals surface area contributed by atoms with Crippen molar-refractivity contribution in [2.24, 2.45) is 5.41 Å². The van der Waals surface area contributed by atoms with Crippen molar-refractivity contribution in [3.8, 4) is 0 Å². The summed E-state index contributed by atoms with van der Waals surface area (Å²) in [7, 11) is 0. The molecule has 1 aromatic carbocycles. The second-order valence-electron chi connectivity index (χ2n) is 6.90. The molecule has 1 N–H and O–H groups in total. The highest BCUT2D eigenvalue weighted by atomic mass is 19.1. The summed E-state index contributed by atoms with van der Waals surface area (Å²) in [4.78, 5) is 2.27. The van der Waals surface area contributed by atoms with Crippen LogP contribution < -0.4 is 4.90 Å². The number of aliphatic hydroxyl groups is 1. The van der Waals surface area contributed by atoms with Gasteiger partial charge in [0.05, 0.1) is 6.10 Å². The van der Waals surface area contributed by atoms with Crippen LogP contribution in [0.4, 0.5) is 10.1 Å². The Morgan fingerprint density at radius 3 is 2.38 bits per heavy atom. The molecule has 1 saturated heterocycles. The molecule has 3 heteroatoms. The molecule has 1 aliphatic heterocycles. The zero-order valence-corrected chi connectivity index (χ0v) is 12.9. The number of aliphatic hydroxyl groups excluding tert-OH is 1. The predicted molar refractivity (Wildman–Crippen MR) is 84.0 cm³/mol. The molecule has 2 fully saturated rings. The molecule has 1 spiro atoms. The van der Waals surface area contributed by atoms with Gasteiger partial charge >= 0.3 is 0 Å². The van der Waals surface area contributed by atoms with Gasteiger partial charge in [-0.3, -0.25) is 0 Å². The summed E-state index contributed by atoms with van der Waals surface area (Å²) in [5, 5.41) is 9.89. The Bertz CT molecular complexity index is 484. The van der Waals surface area contributed by atoms with Crippen molar-refractivity contribution < 1.29 is 9.50 Å². The maximum absolute atomic E-state index is 14.0. The van der Waals surface area contributed by atoms with Crippen LogP contribution in [-0.4, -0.2) is 18.2 Å². The first kappa shape index (κ1) is 14.8. The van der Waals surface area contributed by atoms with E-state index >= 15 is 0 Å². The first-order chi connectivity index (χ1) is 10.1. The lowest BCUT2D eigenvalue weighted by atomic mass is 9.68. The molecule has 1 aromatic rings. The van der Waals surface area contributed by atoms with Gasteiger partial charge in [0.15, 0.2) is 0 Å². The minimum Gasteiger partial charge on any atom is -0.389 e. The van der Waals surface area contributed by atoms with Crippen LogP contribution in [0.3, 0.4) is 0 Å². The quantitative estimate of drug-likeness (QED) is 0.871. The first-order valence-corrected chi connectivity index (χ1v) is 8.33. The lowest BCUT2D eigenvalue weighted by Crippen LogP contribution is -2.41. The summed E-state index contributed by atoms with van der Waals surface area (Å²) < 4.78 is 14.0. The Hall–Kier alpha value is -1.09. The molecule has 1 atom stereocenters. The van der Waals surface area contributed by atoms with Crippen LogP contribution in [0.15, 0.2) is 18.2 Å². The molecule has 0 amide bonds. The van der Waals surface area contributed by atoms with E-state index in [0.29, 0.717) is 11.0 Å². The standard InChI is InChI=1S/C18H26FNO/c1-14(21)17-15(19)6-5-7-16(17)20-12-10-18(11-13-20)8-3-2-4-9-18/h5-7,14,21H,2-4,8-13H2,1H3/t14-/m1/s1. The summed E-state index contributed by atoms with van der Waals surface area (Å²) in [5.74, 6) is -0.291. The summed E-state index contributed by atoms with van der Waals surface area (Å²) in [6.45, 7) is 3.63. The van der Waals surface area contributed by atoms with E-state index in [4.69, 9.17) is 0 Å². The number of nitrogens with zero attached hydrogens (tertiary/aromatic N) is 1. The van der Waals surface area contributed by atoms with E-state index in [0.717, 1.165) is 18.8 Å². The van der Waals surface area contributed by atoms with E-state index in [2.05, 4.69) is 4.90 Å². The Kier molecular flexibility index (Phi) is 4.21. The number of hydrogen-bond donors (Lipinski definition) is 1. The van der Waals surface area contributed by atoms with E-state index in [1.807, 2.05) is 6.07 Å². The number of halogens is 1. The van der Waals surface area contributed by atoms with Crippen LogP contribution >= 0.6 is 0 Å². The van der Waals surface area contributed by atoms with Gasteiger partial charge in [-0.1, -0.05) is 25.3 Å². The fraction of sp³-hybridized carbons (Fsp3) is 0.667. The van der Waals surface area contributed by atoms with Gasteiger partial charge in [-0.15, -0.1) is 0 Å². The molecule has 2 nitrogen and oxygen atoms in total. The molecule has 1 saturated carbocycles. The summed E-state index contributed by atoms with van der Waals surface area (Å²) in [6, 6.07) is 5.14. The van der Waals surface area contributed by atoms with Gasteiger partial charge in [0, 0.05) is 24.3 Å². The molecular formula is C18H26FNO. The second kappa shape index (κ2) is 5.96. The minimum absolute atomic E-state index is 0.291. The zero-order valence-electron chi connectivity index (χ0n) is 12.9. The maximum Gasteiger partial charge on any atom is 0.131 e. The second-order valence-corrected chi connectivity index (χ2v) is 6.90. The van der Waals surface area contributed by atoms with Crippen LogP contribution in [0.2, 0.25) is 0 Å². The number of piperidine rings is 1. The van der Waals surface area contributed by atoms with Crippen molar-refractivity contribution in [2.45, 2.75) is 58.0 Å². The van der Waals surface area contributed by atoms with Gasteiger partial charge in [-0.05, 0) is 50.2 Å². The first-order valence-electron chi connectivity index (χ1n) is 8.33. The summed E-state index contributed by atoms with van der Waals surface area (Å²) in [6.07, 6.45) is 8.54. The molecular weight excluding hydrogens is 265 g/mol. The topological polar surface area (TPSA) is 23.5 Å². The molecule has 21 heavy (non-hydrogen) atoms. The normalized spacial score (nSPS) is 23.3. The summed E-state index contributed by atoms with van der Waals surface area (Å²) >= 11 is 0. The van der Waals surface area contributed by atoms with Crippen LogP contribution in [0, 0.1) is 11.2 Å². The molecule has 0 radical (unpaired) electrons. The monoisotopic (exact) mass is 291 g/mol. The van der Waals surface area contributed by atoms with Crippen molar-refractivity contribution in [1.82, 2.24) is 0 Å². The highest BCUT2D eigenvalue weighted by Gasteiger charge is 2.36. The lowest BCUT2D eigenvalue weighted by molar-refractivity contribution is 0.143. The molecule has 1 aliphatic carbocycles. The SMILES string of the molecule is C[C@@H](O)c1c(F)cccc1N1CCC2(CCCCC2)CC1. The Morgan fingerprint density at radius 1 is 1.10 bits per heavy atom. The fourth-order valence-corrected chi connectivity index (χ4v) is 4.24. The molecule has 116 valence electrons. The average molecular weight is 291 g/mol. The van der Waals surface area contributed by atoms with E-state index in [1.54, 1.807) is 13.0 Å². The third kappa shape index (κ3) is 2.94. The van der Waals surface area contributed by atoms with Crippen LogP contribution in [0.5, 0.6) is 0 Å². The minimum atomic E-state index is -0.758. The number of anilines is 1. The van der Waals surface area contributed by atoms with Gasteiger partial charge < -0.3 is 10.0 Å². The number of rotatable bonds is 2. The number of benzene rings is 1. The number of hydrogen-bond acceptors (Lipinski definition) is 2. The van der Waals surface area contributed by atoms with Crippen molar-refractivity contribution in [1.29, 1.82) is 0 Å². The Balaban J connectivity index is 1.76. The van der Waals surface area contributed by atoms with Gasteiger partial charge in [0.2, 0.25) is 0 Å². The largest absolute Gasteiger partial charge is 0.389 e. The highest BCUT2D eigenvalue weighted by Crippen LogP contribution is 2.45. The fourth-order valence-electron chi connectivity index (χ4n) is 4.24. The molecule has 2 aliphatic rings.